The van der Waals surface area contributed by atoms with Crippen LogP contribution in [0.15, 0.2) is 53.5 Å². The molecule has 0 radical (unpaired) electrons. The van der Waals surface area contributed by atoms with Crippen molar-refractivity contribution in [2.24, 2.45) is 4.99 Å². The molecule has 0 heterocycles. The molecule has 164 valence electrons. The van der Waals surface area contributed by atoms with Gasteiger partial charge in [0, 0.05) is 38.3 Å². The van der Waals surface area contributed by atoms with Gasteiger partial charge in [0.25, 0.3) is 0 Å². The third-order valence-electron chi connectivity index (χ3n) is 4.27. The van der Waals surface area contributed by atoms with Crippen LogP contribution in [0.2, 0.25) is 0 Å². The van der Waals surface area contributed by atoms with Crippen LogP contribution in [0.3, 0.4) is 0 Å². The van der Waals surface area contributed by atoms with Gasteiger partial charge >= 0.3 is 0 Å². The largest absolute Gasteiger partial charge is 0.493 e. The molecule has 2 N–H and O–H groups in total. The first-order valence-electron chi connectivity index (χ1n) is 9.62. The maximum absolute atomic E-state index is 12.4. The van der Waals surface area contributed by atoms with E-state index in [-0.39, 0.29) is 29.9 Å². The highest BCUT2D eigenvalue weighted by Gasteiger charge is 2.10. The monoisotopic (exact) mass is 526 g/mol. The zero-order valence-electron chi connectivity index (χ0n) is 18.0. The number of nitrogens with zero attached hydrogens (tertiary/aromatic N) is 2. The molecule has 30 heavy (non-hydrogen) atoms. The lowest BCUT2D eigenvalue weighted by Crippen LogP contribution is -2.31. The first kappa shape index (κ1) is 25.5. The van der Waals surface area contributed by atoms with Gasteiger partial charge in [-0.25, -0.2) is 0 Å². The molecule has 2 aromatic carbocycles. The fourth-order valence-electron chi connectivity index (χ4n) is 2.76. The van der Waals surface area contributed by atoms with Crippen molar-refractivity contribution in [1.29, 1.82) is 0 Å². The van der Waals surface area contributed by atoms with E-state index >= 15 is 0 Å². The van der Waals surface area contributed by atoms with E-state index < -0.39 is 0 Å². The summed E-state index contributed by atoms with van der Waals surface area (Å²) in [5, 5.41) is 6.41. The van der Waals surface area contributed by atoms with E-state index in [1.165, 1.54) is 0 Å². The van der Waals surface area contributed by atoms with Gasteiger partial charge in [0.2, 0.25) is 5.91 Å². The average Bonchev–Trinajstić information content (AvgIpc) is 2.74. The number of nitrogens with one attached hydrogen (secondary N) is 2. The molecule has 2 aromatic rings. The van der Waals surface area contributed by atoms with Gasteiger partial charge in [-0.3, -0.25) is 9.79 Å². The number of methoxy groups -OCH3 is 2. The van der Waals surface area contributed by atoms with E-state index in [0.717, 1.165) is 11.3 Å². The number of carbonyl (C=O) groups is 1. The maximum Gasteiger partial charge on any atom is 0.224 e. The van der Waals surface area contributed by atoms with E-state index in [9.17, 15) is 4.79 Å². The fraction of sp³-hybridized carbons (Fsp3) is 0.364. The van der Waals surface area contributed by atoms with Crippen molar-refractivity contribution in [2.45, 2.75) is 19.9 Å². The molecule has 7 nitrogen and oxygen atoms in total. The number of anilines is 1. The number of amides is 1. The van der Waals surface area contributed by atoms with E-state index in [1.54, 1.807) is 19.1 Å². The number of aliphatic imine (C=N–C) groups is 1. The summed E-state index contributed by atoms with van der Waals surface area (Å²) < 4.78 is 10.6. The van der Waals surface area contributed by atoms with Gasteiger partial charge in [0.15, 0.2) is 17.5 Å². The zero-order valence-corrected chi connectivity index (χ0v) is 20.3. The molecule has 0 aromatic heterocycles. The van der Waals surface area contributed by atoms with Crippen LogP contribution in [0.5, 0.6) is 11.5 Å². The number of halogens is 1. The van der Waals surface area contributed by atoms with Crippen molar-refractivity contribution in [1.82, 2.24) is 10.2 Å². The van der Waals surface area contributed by atoms with Gasteiger partial charge in [-0.05, 0) is 24.6 Å². The molecule has 0 aliphatic heterocycles. The number of guanidine groups is 1. The van der Waals surface area contributed by atoms with E-state index in [0.29, 0.717) is 43.5 Å². The number of benzene rings is 2. The van der Waals surface area contributed by atoms with Gasteiger partial charge in [0.05, 0.1) is 20.8 Å². The van der Waals surface area contributed by atoms with Crippen molar-refractivity contribution in [2.75, 3.05) is 39.7 Å². The summed E-state index contributed by atoms with van der Waals surface area (Å²) in [6.45, 7) is 3.68. The van der Waals surface area contributed by atoms with Crippen molar-refractivity contribution >= 4 is 41.5 Å². The Kier molecular flexibility index (Phi) is 11.7. The van der Waals surface area contributed by atoms with Crippen LogP contribution in [0.4, 0.5) is 5.69 Å². The molecule has 1 amide bonds. The van der Waals surface area contributed by atoms with Crippen molar-refractivity contribution in [3.05, 3.63) is 54.1 Å². The molecule has 0 atom stereocenters. The molecule has 0 bridgehead atoms. The second-order valence-electron chi connectivity index (χ2n) is 6.44. The summed E-state index contributed by atoms with van der Waals surface area (Å²) >= 11 is 0. The molecule has 0 saturated heterocycles. The fourth-order valence-corrected chi connectivity index (χ4v) is 2.76. The van der Waals surface area contributed by atoms with Gasteiger partial charge in [-0.2, -0.15) is 0 Å². The number of ether oxygens (including phenoxy) is 2. The lowest BCUT2D eigenvalue weighted by Gasteiger charge is -2.17. The SMILES string of the molecule is CCNC(=NCCC(=O)N(C)Cc1ccccc1)Nc1ccc(OC)c(OC)c1.I. The minimum absolute atomic E-state index is 0. The number of hydrogen-bond donors (Lipinski definition) is 2. The second kappa shape index (κ2) is 13.7. The normalized spacial score (nSPS) is 10.6. The first-order chi connectivity index (χ1) is 14.1. The highest BCUT2D eigenvalue weighted by molar-refractivity contribution is 14.0. The smallest absolute Gasteiger partial charge is 0.224 e. The van der Waals surface area contributed by atoms with Crippen LogP contribution in [0, 0.1) is 0 Å². The Hall–Kier alpha value is -2.49. The van der Waals surface area contributed by atoms with Crippen molar-refractivity contribution in [3.63, 3.8) is 0 Å². The lowest BCUT2D eigenvalue weighted by molar-refractivity contribution is -0.130. The standard InChI is InChI=1S/C22H30N4O3.HI/c1-5-23-22(25-18-11-12-19(28-3)20(15-18)29-4)24-14-13-21(27)26(2)16-17-9-7-6-8-10-17;/h6-12,15H,5,13-14,16H2,1-4H3,(H2,23,24,25);1H. The van der Waals surface area contributed by atoms with Gasteiger partial charge in [0.1, 0.15) is 0 Å². The second-order valence-corrected chi connectivity index (χ2v) is 6.44. The highest BCUT2D eigenvalue weighted by Crippen LogP contribution is 2.29. The number of carbonyl (C=O) groups excluding carboxylic acids is 1. The predicted octanol–water partition coefficient (Wildman–Crippen LogP) is 3.75. The molecule has 0 fully saturated rings. The molecular formula is C22H31IN4O3. The summed E-state index contributed by atoms with van der Waals surface area (Å²) in [5.41, 5.74) is 1.92. The van der Waals surface area contributed by atoms with Crippen molar-refractivity contribution < 1.29 is 14.3 Å². The Morgan fingerprint density at radius 2 is 1.77 bits per heavy atom. The van der Waals surface area contributed by atoms with Gasteiger partial charge < -0.3 is 25.0 Å². The van der Waals surface area contributed by atoms with E-state index in [2.05, 4.69) is 15.6 Å². The van der Waals surface area contributed by atoms with Crippen LogP contribution < -0.4 is 20.1 Å². The zero-order chi connectivity index (χ0) is 21.1. The minimum atomic E-state index is 0. The predicted molar refractivity (Wildman–Crippen MR) is 132 cm³/mol. The first-order valence-corrected chi connectivity index (χ1v) is 9.62. The van der Waals surface area contributed by atoms with Crippen LogP contribution in [0.1, 0.15) is 18.9 Å². The Morgan fingerprint density at radius 1 is 1.07 bits per heavy atom. The third kappa shape index (κ3) is 8.10. The van der Waals surface area contributed by atoms with Gasteiger partial charge in [-0.1, -0.05) is 30.3 Å². The molecule has 0 unspecified atom stereocenters. The Balaban J connectivity index is 0.00000450. The Morgan fingerprint density at radius 3 is 2.40 bits per heavy atom. The molecule has 0 spiro atoms. The third-order valence-corrected chi connectivity index (χ3v) is 4.27. The van der Waals surface area contributed by atoms with Crippen LogP contribution in [-0.4, -0.2) is 51.1 Å². The summed E-state index contributed by atoms with van der Waals surface area (Å²) in [7, 11) is 5.01. The summed E-state index contributed by atoms with van der Waals surface area (Å²) in [6.07, 6.45) is 0.339. The quantitative estimate of drug-likeness (QED) is 0.296. The number of rotatable bonds is 9. The van der Waals surface area contributed by atoms with E-state index in [4.69, 9.17) is 9.47 Å². The lowest BCUT2D eigenvalue weighted by atomic mass is 10.2. The maximum atomic E-state index is 12.4. The summed E-state index contributed by atoms with van der Waals surface area (Å²) in [4.78, 5) is 18.6. The average molecular weight is 526 g/mol. The molecule has 0 aliphatic carbocycles. The van der Waals surface area contributed by atoms with Crippen molar-refractivity contribution in [3.8, 4) is 11.5 Å². The minimum Gasteiger partial charge on any atom is -0.493 e. The topological polar surface area (TPSA) is 75.2 Å². The van der Waals surface area contributed by atoms with Crippen LogP contribution >= 0.6 is 24.0 Å². The summed E-state index contributed by atoms with van der Waals surface area (Å²) in [5.74, 6) is 1.95. The van der Waals surface area contributed by atoms with Crippen LogP contribution in [0.25, 0.3) is 0 Å². The Bertz CT molecular complexity index is 815. The van der Waals surface area contributed by atoms with Crippen LogP contribution in [-0.2, 0) is 11.3 Å². The molecule has 2 rings (SSSR count). The molecule has 0 aliphatic rings. The highest BCUT2D eigenvalue weighted by atomic mass is 127. The molecular weight excluding hydrogens is 495 g/mol. The molecule has 8 heteroatoms. The van der Waals surface area contributed by atoms with E-state index in [1.807, 2.05) is 62.5 Å². The number of hydrogen-bond acceptors (Lipinski definition) is 4. The Labute approximate surface area is 195 Å². The molecule has 0 saturated carbocycles. The summed E-state index contributed by atoms with van der Waals surface area (Å²) in [6, 6.07) is 15.5. The van der Waals surface area contributed by atoms with Gasteiger partial charge in [-0.15, -0.1) is 24.0 Å².